The minimum atomic E-state index is -0.797. The van der Waals surface area contributed by atoms with Gasteiger partial charge in [0.1, 0.15) is 0 Å². The Labute approximate surface area is 89.0 Å². The van der Waals surface area contributed by atoms with Crippen LogP contribution in [0.3, 0.4) is 0 Å². The highest BCUT2D eigenvalue weighted by Crippen LogP contribution is 2.16. The normalized spacial score (nSPS) is 21.3. The van der Waals surface area contributed by atoms with Gasteiger partial charge in [0.15, 0.2) is 0 Å². The van der Waals surface area contributed by atoms with Crippen molar-refractivity contribution in [2.45, 2.75) is 26.2 Å². The van der Waals surface area contributed by atoms with Crippen molar-refractivity contribution < 1.29 is 19.4 Å². The molecule has 1 heterocycles. The van der Waals surface area contributed by atoms with Crippen molar-refractivity contribution >= 4 is 12.1 Å². The minimum absolute atomic E-state index is 0.141. The van der Waals surface area contributed by atoms with Crippen LogP contribution in [0, 0.1) is 5.92 Å². The lowest BCUT2D eigenvalue weighted by Gasteiger charge is -2.31. The molecule has 15 heavy (non-hydrogen) atoms. The van der Waals surface area contributed by atoms with Crippen LogP contribution in [-0.4, -0.2) is 41.8 Å². The number of carboxylic acids is 1. The number of amides is 1. The van der Waals surface area contributed by atoms with E-state index >= 15 is 0 Å². The lowest BCUT2D eigenvalue weighted by molar-refractivity contribution is -0.137. The molecule has 1 N–H and O–H groups in total. The molecule has 0 bridgehead atoms. The first-order valence-electron chi connectivity index (χ1n) is 5.27. The molecule has 5 nitrogen and oxygen atoms in total. The second kappa shape index (κ2) is 5.58. The Morgan fingerprint density at radius 2 is 2.40 bits per heavy atom. The number of carbonyl (C=O) groups excluding carboxylic acids is 1. The fraction of sp³-hybridized carbons (Fsp3) is 0.800. The number of cyclic esters (lactones) is 1. The van der Waals surface area contributed by atoms with Gasteiger partial charge in [-0.1, -0.05) is 6.92 Å². The molecule has 0 saturated carbocycles. The molecule has 1 saturated heterocycles. The summed E-state index contributed by atoms with van der Waals surface area (Å²) >= 11 is 0. The molecule has 1 fully saturated rings. The zero-order valence-electron chi connectivity index (χ0n) is 8.94. The van der Waals surface area contributed by atoms with Gasteiger partial charge in [0.05, 0.1) is 6.61 Å². The molecule has 0 radical (unpaired) electrons. The predicted molar refractivity (Wildman–Crippen MR) is 53.6 cm³/mol. The first-order chi connectivity index (χ1) is 7.13. The van der Waals surface area contributed by atoms with Crippen LogP contribution >= 0.6 is 0 Å². The number of carbonyl (C=O) groups is 2. The van der Waals surface area contributed by atoms with E-state index in [4.69, 9.17) is 9.84 Å². The largest absolute Gasteiger partial charge is 0.481 e. The van der Waals surface area contributed by atoms with E-state index in [1.165, 1.54) is 0 Å². The van der Waals surface area contributed by atoms with Crippen LogP contribution in [0.25, 0.3) is 0 Å². The Balaban J connectivity index is 2.36. The molecule has 86 valence electrons. The standard InChI is InChI=1S/C10H17NO4/c1-2-5-11-6-8(3-4-9(12)13)7-15-10(11)14/h8H,2-7H2,1H3,(H,12,13). The summed E-state index contributed by atoms with van der Waals surface area (Å²) in [7, 11) is 0. The Hall–Kier alpha value is -1.26. The van der Waals surface area contributed by atoms with Crippen molar-refractivity contribution in [1.82, 2.24) is 4.90 Å². The minimum Gasteiger partial charge on any atom is -0.481 e. The molecule has 1 unspecified atom stereocenters. The third kappa shape index (κ3) is 3.77. The van der Waals surface area contributed by atoms with Crippen molar-refractivity contribution in [3.8, 4) is 0 Å². The number of aliphatic carboxylic acids is 1. The number of rotatable bonds is 5. The zero-order chi connectivity index (χ0) is 11.3. The Kier molecular flexibility index (Phi) is 4.39. The maximum Gasteiger partial charge on any atom is 0.409 e. The van der Waals surface area contributed by atoms with Crippen LogP contribution in [0.15, 0.2) is 0 Å². The number of hydrogen-bond acceptors (Lipinski definition) is 3. The van der Waals surface area contributed by atoms with Crippen LogP contribution in [0.1, 0.15) is 26.2 Å². The Bertz CT molecular complexity index is 242. The van der Waals surface area contributed by atoms with Crippen molar-refractivity contribution in [2.75, 3.05) is 19.7 Å². The summed E-state index contributed by atoms with van der Waals surface area (Å²) in [4.78, 5) is 23.3. The van der Waals surface area contributed by atoms with Gasteiger partial charge in [-0.2, -0.15) is 0 Å². The summed E-state index contributed by atoms with van der Waals surface area (Å²) in [5.74, 6) is -0.640. The van der Waals surface area contributed by atoms with Gasteiger partial charge in [-0.05, 0) is 12.8 Å². The summed E-state index contributed by atoms with van der Waals surface area (Å²) in [6.45, 7) is 3.66. The molecule has 0 spiro atoms. The molecule has 1 aliphatic heterocycles. The first-order valence-corrected chi connectivity index (χ1v) is 5.27. The van der Waals surface area contributed by atoms with Crippen molar-refractivity contribution in [2.24, 2.45) is 5.92 Å². The molecule has 1 atom stereocenters. The summed E-state index contributed by atoms with van der Waals surface area (Å²) in [5, 5.41) is 8.54. The highest BCUT2D eigenvalue weighted by atomic mass is 16.6. The molecule has 1 rings (SSSR count). The van der Waals surface area contributed by atoms with E-state index in [1.54, 1.807) is 4.90 Å². The Morgan fingerprint density at radius 3 is 3.00 bits per heavy atom. The van der Waals surface area contributed by atoms with Crippen LogP contribution in [-0.2, 0) is 9.53 Å². The van der Waals surface area contributed by atoms with E-state index in [1.807, 2.05) is 6.92 Å². The van der Waals surface area contributed by atoms with E-state index in [2.05, 4.69) is 0 Å². The Morgan fingerprint density at radius 1 is 1.67 bits per heavy atom. The number of carboxylic acid groups (broad SMARTS) is 1. The molecule has 1 amide bonds. The van der Waals surface area contributed by atoms with E-state index < -0.39 is 5.97 Å². The van der Waals surface area contributed by atoms with Crippen molar-refractivity contribution in [1.29, 1.82) is 0 Å². The second-order valence-corrected chi connectivity index (χ2v) is 3.82. The molecular formula is C10H17NO4. The van der Waals surface area contributed by atoms with Gasteiger partial charge in [0.2, 0.25) is 0 Å². The first kappa shape index (κ1) is 11.8. The number of ether oxygens (including phenoxy) is 1. The zero-order valence-corrected chi connectivity index (χ0v) is 8.94. The maximum atomic E-state index is 11.3. The highest BCUT2D eigenvalue weighted by molar-refractivity contribution is 5.68. The van der Waals surface area contributed by atoms with Gasteiger partial charge in [0, 0.05) is 25.4 Å². The number of hydrogen-bond donors (Lipinski definition) is 1. The summed E-state index contributed by atoms with van der Waals surface area (Å²) in [5.41, 5.74) is 0. The molecule has 0 aromatic carbocycles. The summed E-state index contributed by atoms with van der Waals surface area (Å²) in [6.07, 6.45) is 1.33. The van der Waals surface area contributed by atoms with Gasteiger partial charge in [-0.25, -0.2) is 4.79 Å². The molecule has 0 aromatic heterocycles. The summed E-state index contributed by atoms with van der Waals surface area (Å²) in [6, 6.07) is 0. The van der Waals surface area contributed by atoms with E-state index in [0.717, 1.165) is 6.42 Å². The number of nitrogens with zero attached hydrogens (tertiary/aromatic N) is 1. The lowest BCUT2D eigenvalue weighted by atomic mass is 10.0. The van der Waals surface area contributed by atoms with E-state index in [0.29, 0.717) is 26.1 Å². The maximum absolute atomic E-state index is 11.3. The van der Waals surface area contributed by atoms with Crippen LogP contribution < -0.4 is 0 Å². The van der Waals surface area contributed by atoms with Gasteiger partial charge < -0.3 is 14.7 Å². The van der Waals surface area contributed by atoms with Gasteiger partial charge in [0.25, 0.3) is 0 Å². The van der Waals surface area contributed by atoms with Crippen LogP contribution in [0.5, 0.6) is 0 Å². The highest BCUT2D eigenvalue weighted by Gasteiger charge is 2.26. The van der Waals surface area contributed by atoms with Crippen LogP contribution in [0.2, 0.25) is 0 Å². The van der Waals surface area contributed by atoms with Gasteiger partial charge >= 0.3 is 12.1 Å². The average Bonchev–Trinajstić information content (AvgIpc) is 2.19. The monoisotopic (exact) mass is 215 g/mol. The molecule has 5 heteroatoms. The van der Waals surface area contributed by atoms with E-state index in [-0.39, 0.29) is 18.4 Å². The van der Waals surface area contributed by atoms with Gasteiger partial charge in [-0.3, -0.25) is 4.79 Å². The lowest BCUT2D eigenvalue weighted by Crippen LogP contribution is -2.43. The molecule has 1 aliphatic rings. The third-order valence-electron chi connectivity index (χ3n) is 2.44. The smallest absolute Gasteiger partial charge is 0.409 e. The van der Waals surface area contributed by atoms with Crippen molar-refractivity contribution in [3.05, 3.63) is 0 Å². The molecule has 0 aliphatic carbocycles. The fourth-order valence-electron chi connectivity index (χ4n) is 1.67. The van der Waals surface area contributed by atoms with E-state index in [9.17, 15) is 9.59 Å². The SMILES string of the molecule is CCCN1CC(CCC(=O)O)COC1=O. The third-order valence-corrected chi connectivity index (χ3v) is 2.44. The topological polar surface area (TPSA) is 66.8 Å². The van der Waals surface area contributed by atoms with Gasteiger partial charge in [-0.15, -0.1) is 0 Å². The molecule has 0 aromatic rings. The fourth-order valence-corrected chi connectivity index (χ4v) is 1.67. The molecular weight excluding hydrogens is 198 g/mol. The summed E-state index contributed by atoms with van der Waals surface area (Å²) < 4.78 is 4.98. The quantitative estimate of drug-likeness (QED) is 0.751. The second-order valence-electron chi connectivity index (χ2n) is 3.82. The van der Waals surface area contributed by atoms with Crippen molar-refractivity contribution in [3.63, 3.8) is 0 Å². The average molecular weight is 215 g/mol. The van der Waals surface area contributed by atoms with Crippen LogP contribution in [0.4, 0.5) is 4.79 Å². The predicted octanol–water partition coefficient (Wildman–Crippen LogP) is 1.33.